The normalized spacial score (nSPS) is 23.2. The van der Waals surface area contributed by atoms with Gasteiger partial charge in [-0.1, -0.05) is 12.1 Å². The molecule has 0 spiro atoms. The summed E-state index contributed by atoms with van der Waals surface area (Å²) in [5.41, 5.74) is 2.91. The van der Waals surface area contributed by atoms with Gasteiger partial charge in [0.25, 0.3) is 0 Å². The smallest absolute Gasteiger partial charge is 0.196 e. The lowest BCUT2D eigenvalue weighted by Gasteiger charge is -2.46. The van der Waals surface area contributed by atoms with E-state index in [1.54, 1.807) is 26.1 Å². The summed E-state index contributed by atoms with van der Waals surface area (Å²) in [6.45, 7) is 2.02. The maximum absolute atomic E-state index is 14.2. The first-order valence-electron chi connectivity index (χ1n) is 14.4. The zero-order chi connectivity index (χ0) is 31.3. The van der Waals surface area contributed by atoms with Crippen LogP contribution in [0, 0.1) is 17.8 Å². The van der Waals surface area contributed by atoms with Crippen molar-refractivity contribution in [2.24, 2.45) is 17.8 Å². The van der Waals surface area contributed by atoms with E-state index in [2.05, 4.69) is 5.32 Å². The number of fused-ring (bicyclic) bond motifs is 3. The molecule has 0 aliphatic heterocycles. The lowest BCUT2D eigenvalue weighted by atomic mass is 9.60. The maximum Gasteiger partial charge on any atom is 0.196 e. The third kappa shape index (κ3) is 5.08. The van der Waals surface area contributed by atoms with E-state index in [9.17, 15) is 29.7 Å². The number of methoxy groups -OCH3 is 1. The van der Waals surface area contributed by atoms with E-state index >= 15 is 0 Å². The van der Waals surface area contributed by atoms with Crippen molar-refractivity contribution < 1.29 is 34.4 Å². The fourth-order valence-electron chi connectivity index (χ4n) is 7.10. The summed E-state index contributed by atoms with van der Waals surface area (Å²) in [7, 11) is 8.85. The van der Waals surface area contributed by atoms with Gasteiger partial charge in [-0.25, -0.2) is 0 Å². The zero-order valence-corrected chi connectivity index (χ0v) is 25.4. The second kappa shape index (κ2) is 11.5. The van der Waals surface area contributed by atoms with Crippen molar-refractivity contribution in [1.82, 2.24) is 10.2 Å². The molecule has 2 aromatic rings. The topological polar surface area (TPSA) is 140 Å². The number of Topliss-reactive ketones (excluding diaryl/α,β-unsaturated/α-hetero) is 3. The zero-order valence-electron chi connectivity index (χ0n) is 25.4. The lowest BCUT2D eigenvalue weighted by Crippen LogP contribution is -2.52. The predicted molar refractivity (Wildman–Crippen MR) is 162 cm³/mol. The average Bonchev–Trinajstić information content (AvgIpc) is 2.93. The number of carbonyl (C=O) groups is 3. The number of allylic oxidation sites excluding steroid dienone is 3. The minimum absolute atomic E-state index is 0.104. The summed E-state index contributed by atoms with van der Waals surface area (Å²) < 4.78 is 5.21. The molecule has 2 aromatic carbocycles. The molecule has 10 heteroatoms. The van der Waals surface area contributed by atoms with Gasteiger partial charge < -0.3 is 30.3 Å². The molecule has 0 aromatic heterocycles. The molecule has 10 nitrogen and oxygen atoms in total. The Kier molecular flexibility index (Phi) is 8.11. The number of phenols is 1. The quantitative estimate of drug-likeness (QED) is 0.339. The molecule has 4 atom stereocenters. The fraction of sp³-hybridized carbons (Fsp3) is 0.424. The van der Waals surface area contributed by atoms with Crippen molar-refractivity contribution in [2.75, 3.05) is 40.2 Å². The highest BCUT2D eigenvalue weighted by atomic mass is 16.5. The highest BCUT2D eigenvalue weighted by molar-refractivity contribution is 6.22. The summed E-state index contributed by atoms with van der Waals surface area (Å²) in [5, 5.41) is 37.4. The highest BCUT2D eigenvalue weighted by Crippen LogP contribution is 2.51. The SMILES string of the molecule is COc1ccc(CNCc2cc(N(C)C)c3c(c2O)C(=O)C2=C(O)C4C(=O)C(C(C)=O)=C(O)C(N(C)C)C4CC2C3)cc1. The van der Waals surface area contributed by atoms with Crippen LogP contribution in [-0.2, 0) is 29.1 Å². The number of benzene rings is 2. The molecule has 0 saturated carbocycles. The van der Waals surface area contributed by atoms with Crippen molar-refractivity contribution in [3.8, 4) is 11.5 Å². The van der Waals surface area contributed by atoms with Crippen molar-refractivity contribution in [3.05, 3.63) is 75.3 Å². The second-order valence-electron chi connectivity index (χ2n) is 12.1. The number of aliphatic hydroxyl groups is 2. The van der Waals surface area contributed by atoms with Gasteiger partial charge in [0.05, 0.1) is 24.6 Å². The van der Waals surface area contributed by atoms with E-state index in [4.69, 9.17) is 4.74 Å². The van der Waals surface area contributed by atoms with Crippen molar-refractivity contribution in [1.29, 1.82) is 0 Å². The Morgan fingerprint density at radius 1 is 1.02 bits per heavy atom. The Hall–Kier alpha value is -4.15. The molecule has 0 radical (unpaired) electrons. The fourth-order valence-corrected chi connectivity index (χ4v) is 7.10. The molecular weight excluding hydrogens is 550 g/mol. The molecular formula is C33H39N3O7. The van der Waals surface area contributed by atoms with Crippen LogP contribution >= 0.6 is 0 Å². The molecule has 0 bridgehead atoms. The number of aromatic hydroxyl groups is 1. The molecule has 5 rings (SSSR count). The summed E-state index contributed by atoms with van der Waals surface area (Å²) in [6, 6.07) is 8.83. The van der Waals surface area contributed by atoms with Gasteiger partial charge in [-0.2, -0.15) is 0 Å². The van der Waals surface area contributed by atoms with Gasteiger partial charge in [0.2, 0.25) is 0 Å². The van der Waals surface area contributed by atoms with Gasteiger partial charge in [-0.3, -0.25) is 19.3 Å². The summed E-state index contributed by atoms with van der Waals surface area (Å²) in [5.74, 6) is -3.94. The Labute approximate surface area is 251 Å². The first kappa shape index (κ1) is 30.3. The van der Waals surface area contributed by atoms with Gasteiger partial charge >= 0.3 is 0 Å². The molecule has 0 amide bonds. The molecule has 4 unspecified atom stereocenters. The highest BCUT2D eigenvalue weighted by Gasteiger charge is 2.54. The minimum atomic E-state index is -1.14. The van der Waals surface area contributed by atoms with Crippen LogP contribution in [0.15, 0.2) is 53.0 Å². The largest absolute Gasteiger partial charge is 0.511 e. The molecule has 3 aliphatic carbocycles. The van der Waals surface area contributed by atoms with E-state index in [1.165, 1.54) is 6.92 Å². The Bertz CT molecular complexity index is 1560. The van der Waals surface area contributed by atoms with E-state index in [0.29, 0.717) is 30.5 Å². The number of likely N-dealkylation sites (N-methyl/N-ethyl adjacent to an activating group) is 1. The predicted octanol–water partition coefficient (Wildman–Crippen LogP) is 3.47. The lowest BCUT2D eigenvalue weighted by molar-refractivity contribution is -0.127. The summed E-state index contributed by atoms with van der Waals surface area (Å²) >= 11 is 0. The molecule has 3 aliphatic rings. The third-order valence-corrected chi connectivity index (χ3v) is 9.01. The van der Waals surface area contributed by atoms with Crippen molar-refractivity contribution in [3.63, 3.8) is 0 Å². The number of nitrogens with one attached hydrogen (secondary N) is 1. The van der Waals surface area contributed by atoms with Gasteiger partial charge in [0.1, 0.15) is 28.6 Å². The summed E-state index contributed by atoms with van der Waals surface area (Å²) in [4.78, 5) is 43.7. The van der Waals surface area contributed by atoms with Crippen LogP contribution in [0.1, 0.15) is 40.4 Å². The van der Waals surface area contributed by atoms with Gasteiger partial charge in [-0.05, 0) is 75.0 Å². The van der Waals surface area contributed by atoms with Crippen molar-refractivity contribution in [2.45, 2.75) is 38.9 Å². The molecule has 4 N–H and O–H groups in total. The van der Waals surface area contributed by atoms with Crippen LogP contribution in [0.25, 0.3) is 0 Å². The average molecular weight is 590 g/mol. The van der Waals surface area contributed by atoms with Crippen LogP contribution in [0.5, 0.6) is 11.5 Å². The number of phenolic OH excluding ortho intramolecular Hbond substituents is 1. The molecule has 0 heterocycles. The number of hydrogen-bond donors (Lipinski definition) is 4. The van der Waals surface area contributed by atoms with E-state index < -0.39 is 41.1 Å². The van der Waals surface area contributed by atoms with Crippen LogP contribution in [0.3, 0.4) is 0 Å². The van der Waals surface area contributed by atoms with Gasteiger partial charge in [0, 0.05) is 44.0 Å². The van der Waals surface area contributed by atoms with E-state index in [0.717, 1.165) is 17.0 Å². The number of aliphatic hydroxyl groups excluding tert-OH is 2. The molecule has 228 valence electrons. The Morgan fingerprint density at radius 2 is 1.70 bits per heavy atom. The molecule has 43 heavy (non-hydrogen) atoms. The monoisotopic (exact) mass is 589 g/mol. The number of hydrogen-bond acceptors (Lipinski definition) is 10. The number of ketones is 3. The number of ether oxygens (including phenoxy) is 1. The van der Waals surface area contributed by atoms with E-state index in [1.807, 2.05) is 49.3 Å². The molecule has 0 fully saturated rings. The maximum atomic E-state index is 14.2. The van der Waals surface area contributed by atoms with Crippen LogP contribution in [0.4, 0.5) is 5.69 Å². The number of nitrogens with zero attached hydrogens (tertiary/aromatic N) is 2. The third-order valence-electron chi connectivity index (χ3n) is 9.01. The number of anilines is 1. The second-order valence-corrected chi connectivity index (χ2v) is 12.1. The first-order valence-corrected chi connectivity index (χ1v) is 14.4. The number of carbonyl (C=O) groups excluding carboxylic acids is 3. The van der Waals surface area contributed by atoms with Crippen LogP contribution < -0.4 is 15.0 Å². The van der Waals surface area contributed by atoms with Crippen molar-refractivity contribution >= 4 is 23.0 Å². The Morgan fingerprint density at radius 3 is 2.28 bits per heavy atom. The van der Waals surface area contributed by atoms with Gasteiger partial charge in [0.15, 0.2) is 17.3 Å². The Balaban J connectivity index is 1.53. The van der Waals surface area contributed by atoms with E-state index in [-0.39, 0.29) is 40.5 Å². The van der Waals surface area contributed by atoms with Crippen LogP contribution in [0.2, 0.25) is 0 Å². The first-order chi connectivity index (χ1) is 20.4. The minimum Gasteiger partial charge on any atom is -0.511 e. The summed E-state index contributed by atoms with van der Waals surface area (Å²) in [6.07, 6.45) is 0.709. The number of rotatable bonds is 8. The molecule has 0 saturated heterocycles. The van der Waals surface area contributed by atoms with Gasteiger partial charge in [-0.15, -0.1) is 0 Å². The standard InChI is InChI=1S/C33H39N3O7/c1-16(37)24-30(39)27-22(28(33(24)42)36(4)5)12-18-11-21-23(35(2)3)13-19(29(38)26(21)31(40)25(18)32(27)41)15-34-14-17-7-9-20(43-6)10-8-17/h7-10,13,18,22,27-28,34,38,41-42H,11-12,14-15H2,1-6H3. The van der Waals surface area contributed by atoms with Crippen LogP contribution in [-0.4, -0.2) is 78.9 Å².